The van der Waals surface area contributed by atoms with Gasteiger partial charge in [-0.2, -0.15) is 0 Å². The zero-order valence-electron chi connectivity index (χ0n) is 5.53. The van der Waals surface area contributed by atoms with Gasteiger partial charge in [-0.05, 0) is 13.8 Å². The van der Waals surface area contributed by atoms with E-state index in [1.54, 1.807) is 0 Å². The third kappa shape index (κ3) is 4.09. The Morgan fingerprint density at radius 1 is 1.38 bits per heavy atom. The first-order chi connectivity index (χ1) is 3.71. The van der Waals surface area contributed by atoms with Crippen molar-refractivity contribution in [2.45, 2.75) is 19.4 Å². The van der Waals surface area contributed by atoms with Gasteiger partial charge in [-0.25, -0.2) is 0 Å². The number of ether oxygens (including phenoxy) is 1. The molecule has 0 amide bonds. The maximum Gasteiger partial charge on any atom is 0.0701 e. The van der Waals surface area contributed by atoms with Crippen molar-refractivity contribution in [2.24, 2.45) is 0 Å². The Kier molecular flexibility index (Phi) is 1.54. The number of hydrogen-bond donors (Lipinski definition) is 1. The fraction of sp³-hybridized carbons (Fsp3) is 1.00. The van der Waals surface area contributed by atoms with Crippen LogP contribution in [0.1, 0.15) is 13.8 Å². The smallest absolute Gasteiger partial charge is 0.0701 e. The van der Waals surface area contributed by atoms with Crippen LogP contribution in [0.2, 0.25) is 0 Å². The van der Waals surface area contributed by atoms with E-state index in [1.165, 1.54) is 6.54 Å². The third-order valence-corrected chi connectivity index (χ3v) is 1.09. The molecule has 48 valence electrons. The summed E-state index contributed by atoms with van der Waals surface area (Å²) in [7, 11) is 0. The van der Waals surface area contributed by atoms with Gasteiger partial charge in [-0.15, -0.1) is 0 Å². The highest BCUT2D eigenvalue weighted by Gasteiger charge is 2.29. The van der Waals surface area contributed by atoms with Crippen molar-refractivity contribution in [2.75, 3.05) is 19.8 Å². The van der Waals surface area contributed by atoms with Crippen LogP contribution in [-0.2, 0) is 4.74 Å². The van der Waals surface area contributed by atoms with E-state index in [0.717, 1.165) is 13.2 Å². The second-order valence-electron chi connectivity index (χ2n) is 2.85. The van der Waals surface area contributed by atoms with Gasteiger partial charge in [0.25, 0.3) is 0 Å². The van der Waals surface area contributed by atoms with Gasteiger partial charge >= 0.3 is 0 Å². The molecule has 2 heteroatoms. The van der Waals surface area contributed by atoms with Crippen LogP contribution in [0.15, 0.2) is 0 Å². The Hall–Kier alpha value is -0.0800. The van der Waals surface area contributed by atoms with Crippen molar-refractivity contribution in [1.29, 1.82) is 0 Å². The molecule has 2 nitrogen and oxygen atoms in total. The van der Waals surface area contributed by atoms with Crippen molar-refractivity contribution in [3.63, 3.8) is 0 Å². The van der Waals surface area contributed by atoms with Crippen LogP contribution in [-0.4, -0.2) is 25.3 Å². The topological polar surface area (TPSA) is 34.5 Å². The van der Waals surface area contributed by atoms with Crippen molar-refractivity contribution >= 4 is 0 Å². The van der Waals surface area contributed by atoms with Crippen LogP contribution in [0.25, 0.3) is 0 Å². The van der Waals surface area contributed by atoms with Crippen molar-refractivity contribution < 1.29 is 4.74 Å². The molecule has 0 aromatic carbocycles. The van der Waals surface area contributed by atoms with Gasteiger partial charge in [0.2, 0.25) is 0 Å². The number of epoxide rings is 1. The number of nitrogens with one attached hydrogen (secondary N) is 1. The SMILES string of the molecule is C1CO1.CC1(C)CN1. The summed E-state index contributed by atoms with van der Waals surface area (Å²) in [6, 6.07) is 0. The van der Waals surface area contributed by atoms with Crippen LogP contribution < -0.4 is 5.32 Å². The van der Waals surface area contributed by atoms with E-state index >= 15 is 0 Å². The molecule has 0 unspecified atom stereocenters. The molecule has 1 N–H and O–H groups in total. The van der Waals surface area contributed by atoms with Gasteiger partial charge in [0.15, 0.2) is 0 Å². The maximum absolute atomic E-state index is 4.50. The van der Waals surface area contributed by atoms with E-state index in [0.29, 0.717) is 5.54 Å². The minimum Gasteiger partial charge on any atom is -0.377 e. The third-order valence-electron chi connectivity index (χ3n) is 1.09. The largest absolute Gasteiger partial charge is 0.377 e. The van der Waals surface area contributed by atoms with Crippen molar-refractivity contribution in [1.82, 2.24) is 5.32 Å². The fourth-order valence-corrected chi connectivity index (χ4v) is 0.177. The Morgan fingerprint density at radius 2 is 1.62 bits per heavy atom. The summed E-state index contributed by atoms with van der Waals surface area (Å²) in [5, 5.41) is 3.17. The number of hydrogen-bond acceptors (Lipinski definition) is 2. The average Bonchev–Trinajstić information content (AvgIpc) is 2.33. The van der Waals surface area contributed by atoms with Crippen LogP contribution in [0.3, 0.4) is 0 Å². The zero-order valence-corrected chi connectivity index (χ0v) is 5.53. The molecule has 8 heavy (non-hydrogen) atoms. The molecule has 0 saturated carbocycles. The highest BCUT2D eigenvalue weighted by molar-refractivity contribution is 4.94. The standard InChI is InChI=1S/C4H9N.C2H4O/c1-4(2)3-5-4;1-2-3-1/h5H,3H2,1-2H3;1-2H2. The lowest BCUT2D eigenvalue weighted by molar-refractivity contribution is 0.475. The molecule has 2 aliphatic heterocycles. The Labute approximate surface area is 50.2 Å². The van der Waals surface area contributed by atoms with E-state index < -0.39 is 0 Å². The second-order valence-corrected chi connectivity index (χ2v) is 2.85. The van der Waals surface area contributed by atoms with Crippen LogP contribution in [0.4, 0.5) is 0 Å². The molecule has 0 aromatic heterocycles. The second kappa shape index (κ2) is 2.03. The predicted molar refractivity (Wildman–Crippen MR) is 32.9 cm³/mol. The number of rotatable bonds is 0. The molecule has 2 saturated heterocycles. The summed E-state index contributed by atoms with van der Waals surface area (Å²) in [5.41, 5.74) is 0.500. The summed E-state index contributed by atoms with van der Waals surface area (Å²) in [6.45, 7) is 7.58. The highest BCUT2D eigenvalue weighted by Crippen LogP contribution is 2.11. The molecule has 0 radical (unpaired) electrons. The van der Waals surface area contributed by atoms with E-state index in [4.69, 9.17) is 0 Å². The Bertz CT molecular complexity index is 69.8. The summed E-state index contributed by atoms with van der Waals surface area (Å²) in [4.78, 5) is 0. The summed E-state index contributed by atoms with van der Waals surface area (Å²) in [6.07, 6.45) is 0. The van der Waals surface area contributed by atoms with Gasteiger partial charge in [-0.3, -0.25) is 0 Å². The van der Waals surface area contributed by atoms with Crippen LogP contribution in [0, 0.1) is 0 Å². The molecule has 0 aliphatic carbocycles. The molecular formula is C6H13NO. The molecule has 2 rings (SSSR count). The van der Waals surface area contributed by atoms with E-state index in [-0.39, 0.29) is 0 Å². The molecule has 2 heterocycles. The van der Waals surface area contributed by atoms with Gasteiger partial charge in [-0.1, -0.05) is 0 Å². The minimum atomic E-state index is 0.500. The first kappa shape index (κ1) is 6.05. The Balaban J connectivity index is 0.0000000907. The molecule has 0 bridgehead atoms. The average molecular weight is 115 g/mol. The lowest BCUT2D eigenvalue weighted by Crippen LogP contribution is -1.98. The molecule has 2 aliphatic rings. The van der Waals surface area contributed by atoms with Gasteiger partial charge in [0.05, 0.1) is 13.2 Å². The Morgan fingerprint density at radius 3 is 1.62 bits per heavy atom. The van der Waals surface area contributed by atoms with Crippen molar-refractivity contribution in [3.05, 3.63) is 0 Å². The lowest BCUT2D eigenvalue weighted by Gasteiger charge is -1.84. The first-order valence-electron chi connectivity index (χ1n) is 3.03. The molecule has 2 fully saturated rings. The monoisotopic (exact) mass is 115 g/mol. The summed E-state index contributed by atoms with van der Waals surface area (Å²) < 4.78 is 4.50. The summed E-state index contributed by atoms with van der Waals surface area (Å²) in [5.74, 6) is 0. The van der Waals surface area contributed by atoms with Crippen LogP contribution >= 0.6 is 0 Å². The van der Waals surface area contributed by atoms with Gasteiger partial charge in [0, 0.05) is 12.1 Å². The van der Waals surface area contributed by atoms with Gasteiger partial charge in [0.1, 0.15) is 0 Å². The fourth-order valence-electron chi connectivity index (χ4n) is 0.177. The van der Waals surface area contributed by atoms with Gasteiger partial charge < -0.3 is 10.1 Å². The van der Waals surface area contributed by atoms with E-state index in [2.05, 4.69) is 23.9 Å². The molecule has 0 atom stereocenters. The highest BCUT2D eigenvalue weighted by atomic mass is 16.6. The predicted octanol–water partition coefficient (Wildman–Crippen LogP) is 0.385. The summed E-state index contributed by atoms with van der Waals surface area (Å²) >= 11 is 0. The molecular weight excluding hydrogens is 102 g/mol. The first-order valence-corrected chi connectivity index (χ1v) is 3.03. The minimum absolute atomic E-state index is 0.500. The molecule has 0 spiro atoms. The van der Waals surface area contributed by atoms with Crippen LogP contribution in [0.5, 0.6) is 0 Å². The lowest BCUT2D eigenvalue weighted by atomic mass is 10.3. The maximum atomic E-state index is 4.50. The van der Waals surface area contributed by atoms with E-state index in [9.17, 15) is 0 Å². The zero-order chi connectivity index (χ0) is 6.04. The quantitative estimate of drug-likeness (QED) is 0.463. The van der Waals surface area contributed by atoms with Crippen molar-refractivity contribution in [3.8, 4) is 0 Å². The normalized spacial score (nSPS) is 27.8. The molecule has 0 aromatic rings. The van der Waals surface area contributed by atoms with E-state index in [1.807, 2.05) is 0 Å².